The molecule has 2 unspecified atom stereocenters. The van der Waals surface area contributed by atoms with Gasteiger partial charge in [0.2, 0.25) is 0 Å². The molecule has 3 N–H and O–H groups in total. The predicted molar refractivity (Wildman–Crippen MR) is 62.6 cm³/mol. The highest BCUT2D eigenvalue weighted by Crippen LogP contribution is 2.24. The first-order valence-electron chi connectivity index (χ1n) is 4.90. The number of hydrogen-bond acceptors (Lipinski definition) is 3. The first-order valence-corrected chi connectivity index (χ1v) is 4.90. The fourth-order valence-corrected chi connectivity index (χ4v) is 2.19. The van der Waals surface area contributed by atoms with Crippen molar-refractivity contribution in [2.24, 2.45) is 0 Å². The molecule has 0 aromatic rings. The number of piperidine rings is 1. The number of hydrogen-bond donors (Lipinski definition) is 3. The minimum Gasteiger partial charge on any atom is -0.386 e. The molecule has 86 valence electrons. The quantitative estimate of drug-likeness (QED) is 0.635. The molecule has 2 atom stereocenters. The van der Waals surface area contributed by atoms with Crippen LogP contribution in [0.2, 0.25) is 0 Å². The fourth-order valence-electron chi connectivity index (χ4n) is 2.19. The van der Waals surface area contributed by atoms with Crippen LogP contribution in [-0.4, -0.2) is 35.9 Å². The van der Waals surface area contributed by atoms with Gasteiger partial charge in [0.25, 0.3) is 0 Å². The molecular formula is C9H20Cl2N2O. The van der Waals surface area contributed by atoms with Gasteiger partial charge in [-0.1, -0.05) is 6.42 Å². The second kappa shape index (κ2) is 5.52. The standard InChI is InChI=1S/C9H18N2O.2ClH/c1-7-3-2-4-8(11-7)9(12)5-10-6-9;;/h7-8,10-12H,2-6H2,1H3;2*1H. The molecule has 0 radical (unpaired) electrons. The minimum atomic E-state index is -0.450. The van der Waals surface area contributed by atoms with Gasteiger partial charge >= 0.3 is 0 Å². The van der Waals surface area contributed by atoms with E-state index < -0.39 is 5.60 Å². The summed E-state index contributed by atoms with van der Waals surface area (Å²) in [6.45, 7) is 3.72. The zero-order valence-electron chi connectivity index (χ0n) is 8.45. The molecule has 2 heterocycles. The van der Waals surface area contributed by atoms with Crippen molar-refractivity contribution in [3.05, 3.63) is 0 Å². The second-order valence-electron chi connectivity index (χ2n) is 4.26. The Labute approximate surface area is 97.8 Å². The summed E-state index contributed by atoms with van der Waals surface area (Å²) in [5.41, 5.74) is -0.450. The molecule has 2 saturated heterocycles. The largest absolute Gasteiger partial charge is 0.386 e. The Kier molecular flexibility index (Phi) is 5.70. The molecule has 0 saturated carbocycles. The summed E-state index contributed by atoms with van der Waals surface area (Å²) in [5, 5.41) is 16.6. The summed E-state index contributed by atoms with van der Waals surface area (Å²) >= 11 is 0. The monoisotopic (exact) mass is 242 g/mol. The molecule has 0 amide bonds. The number of rotatable bonds is 1. The van der Waals surface area contributed by atoms with Gasteiger partial charge in [-0.15, -0.1) is 24.8 Å². The highest BCUT2D eigenvalue weighted by Gasteiger charge is 2.43. The van der Waals surface area contributed by atoms with Crippen LogP contribution in [0.5, 0.6) is 0 Å². The van der Waals surface area contributed by atoms with Gasteiger partial charge in [0, 0.05) is 25.2 Å². The summed E-state index contributed by atoms with van der Waals surface area (Å²) in [6, 6.07) is 0.899. The Hall–Kier alpha value is 0.460. The molecule has 0 bridgehead atoms. The predicted octanol–water partition coefficient (Wildman–Crippen LogP) is 0.695. The van der Waals surface area contributed by atoms with Crippen molar-refractivity contribution in [1.82, 2.24) is 10.6 Å². The van der Waals surface area contributed by atoms with Gasteiger partial charge in [-0.3, -0.25) is 0 Å². The van der Waals surface area contributed by atoms with Crippen molar-refractivity contribution in [3.8, 4) is 0 Å². The van der Waals surface area contributed by atoms with E-state index in [1.165, 1.54) is 12.8 Å². The van der Waals surface area contributed by atoms with Crippen LogP contribution in [0, 0.1) is 0 Å². The van der Waals surface area contributed by atoms with Gasteiger partial charge in [0.1, 0.15) is 5.60 Å². The lowest BCUT2D eigenvalue weighted by Crippen LogP contribution is -2.70. The van der Waals surface area contributed by atoms with Crippen LogP contribution < -0.4 is 10.6 Å². The average Bonchev–Trinajstić information content (AvgIpc) is 2.00. The maximum absolute atomic E-state index is 10.0. The highest BCUT2D eigenvalue weighted by molar-refractivity contribution is 5.85. The van der Waals surface area contributed by atoms with Crippen molar-refractivity contribution in [1.29, 1.82) is 0 Å². The second-order valence-corrected chi connectivity index (χ2v) is 4.26. The Morgan fingerprint density at radius 1 is 1.21 bits per heavy atom. The highest BCUT2D eigenvalue weighted by atomic mass is 35.5. The maximum Gasteiger partial charge on any atom is 0.105 e. The van der Waals surface area contributed by atoms with Crippen LogP contribution in [0.1, 0.15) is 26.2 Å². The number of halogens is 2. The van der Waals surface area contributed by atoms with E-state index in [9.17, 15) is 5.11 Å². The molecular weight excluding hydrogens is 223 g/mol. The number of aliphatic hydroxyl groups is 1. The summed E-state index contributed by atoms with van der Waals surface area (Å²) in [5.74, 6) is 0. The minimum absolute atomic E-state index is 0. The summed E-state index contributed by atoms with van der Waals surface area (Å²) < 4.78 is 0. The van der Waals surface area contributed by atoms with E-state index in [4.69, 9.17) is 0 Å². The third-order valence-electron chi connectivity index (χ3n) is 3.13. The lowest BCUT2D eigenvalue weighted by atomic mass is 9.82. The Morgan fingerprint density at radius 3 is 2.29 bits per heavy atom. The fraction of sp³-hybridized carbons (Fsp3) is 1.00. The number of β-amino-alcohol motifs (C(OH)–C–C–N with tert-alkyl or cyclic N) is 1. The van der Waals surface area contributed by atoms with E-state index in [0.717, 1.165) is 19.5 Å². The number of nitrogens with one attached hydrogen (secondary N) is 2. The SMILES string of the molecule is CC1CCCC(C2(O)CNC2)N1.Cl.Cl. The lowest BCUT2D eigenvalue weighted by molar-refractivity contribution is -0.0536. The first kappa shape index (κ1) is 14.5. The molecule has 2 fully saturated rings. The van der Waals surface area contributed by atoms with E-state index in [-0.39, 0.29) is 24.8 Å². The summed E-state index contributed by atoms with van der Waals surface area (Å²) in [7, 11) is 0. The Bertz CT molecular complexity index is 176. The molecule has 5 heteroatoms. The van der Waals surface area contributed by atoms with Crippen LogP contribution >= 0.6 is 24.8 Å². The molecule has 0 aliphatic carbocycles. The van der Waals surface area contributed by atoms with Crippen molar-refractivity contribution in [3.63, 3.8) is 0 Å². The Morgan fingerprint density at radius 2 is 1.86 bits per heavy atom. The van der Waals surface area contributed by atoms with Crippen molar-refractivity contribution < 1.29 is 5.11 Å². The van der Waals surface area contributed by atoms with Gasteiger partial charge in [-0.05, 0) is 19.8 Å². The maximum atomic E-state index is 10.0. The molecule has 0 aromatic carbocycles. The normalized spacial score (nSPS) is 34.7. The Balaban J connectivity index is 0.000000845. The third kappa shape index (κ3) is 2.74. The van der Waals surface area contributed by atoms with Crippen molar-refractivity contribution in [2.45, 2.75) is 43.9 Å². The average molecular weight is 243 g/mol. The smallest absolute Gasteiger partial charge is 0.105 e. The van der Waals surface area contributed by atoms with Crippen LogP contribution in [0.25, 0.3) is 0 Å². The zero-order valence-corrected chi connectivity index (χ0v) is 10.1. The first-order chi connectivity index (χ1) is 5.71. The van der Waals surface area contributed by atoms with Crippen molar-refractivity contribution in [2.75, 3.05) is 13.1 Å². The van der Waals surface area contributed by atoms with Gasteiger partial charge in [-0.2, -0.15) is 0 Å². The van der Waals surface area contributed by atoms with E-state index in [1.54, 1.807) is 0 Å². The summed E-state index contributed by atoms with van der Waals surface area (Å²) in [4.78, 5) is 0. The third-order valence-corrected chi connectivity index (χ3v) is 3.13. The lowest BCUT2D eigenvalue weighted by Gasteiger charge is -2.47. The molecule has 2 aliphatic heterocycles. The topological polar surface area (TPSA) is 44.3 Å². The van der Waals surface area contributed by atoms with E-state index in [1.807, 2.05) is 0 Å². The van der Waals surface area contributed by atoms with Gasteiger partial charge in [-0.25, -0.2) is 0 Å². The molecule has 2 rings (SSSR count). The molecule has 2 aliphatic rings. The zero-order chi connectivity index (χ0) is 8.60. The summed E-state index contributed by atoms with van der Waals surface area (Å²) in [6.07, 6.45) is 3.63. The van der Waals surface area contributed by atoms with E-state index in [2.05, 4.69) is 17.6 Å². The molecule has 0 aromatic heterocycles. The van der Waals surface area contributed by atoms with Crippen LogP contribution in [0.3, 0.4) is 0 Å². The van der Waals surface area contributed by atoms with E-state index in [0.29, 0.717) is 12.1 Å². The van der Waals surface area contributed by atoms with Crippen molar-refractivity contribution >= 4 is 24.8 Å². The van der Waals surface area contributed by atoms with Gasteiger partial charge < -0.3 is 15.7 Å². The van der Waals surface area contributed by atoms with Crippen LogP contribution in [0.15, 0.2) is 0 Å². The molecule has 0 spiro atoms. The van der Waals surface area contributed by atoms with Crippen LogP contribution in [-0.2, 0) is 0 Å². The van der Waals surface area contributed by atoms with E-state index >= 15 is 0 Å². The van der Waals surface area contributed by atoms with Crippen LogP contribution in [0.4, 0.5) is 0 Å². The van der Waals surface area contributed by atoms with Gasteiger partial charge in [0.15, 0.2) is 0 Å². The molecule has 14 heavy (non-hydrogen) atoms. The van der Waals surface area contributed by atoms with Gasteiger partial charge in [0.05, 0.1) is 0 Å². The molecule has 3 nitrogen and oxygen atoms in total.